The first-order chi connectivity index (χ1) is 7.50. The first kappa shape index (κ1) is 11.4. The number of benzene rings is 1. The number of nitrogens with one attached hydrogen (secondary N) is 1. The highest BCUT2D eigenvalue weighted by Crippen LogP contribution is 2.27. The average molecular weight is 329 g/mol. The molecule has 0 aliphatic carbocycles. The van der Waals surface area contributed by atoms with E-state index >= 15 is 0 Å². The van der Waals surface area contributed by atoms with Crippen LogP contribution in [0.3, 0.4) is 0 Å². The Labute approximate surface area is 107 Å². The molecule has 0 atom stereocenters. The number of H-pyrrole nitrogens is 1. The summed E-state index contributed by atoms with van der Waals surface area (Å²) in [5.41, 5.74) is 2.38. The summed E-state index contributed by atoms with van der Waals surface area (Å²) in [5.74, 6) is -0.463. The Balaban J connectivity index is 2.69. The molecule has 4 heteroatoms. The molecule has 16 heavy (non-hydrogen) atoms. The predicted octanol–water partition coefficient (Wildman–Crippen LogP) is 3.59. The number of halogens is 1. The Kier molecular flexibility index (Phi) is 2.92. The molecule has 0 saturated heterocycles. The molecule has 84 valence electrons. The highest BCUT2D eigenvalue weighted by atomic mass is 127. The number of hydrogen-bond donors (Lipinski definition) is 2. The van der Waals surface area contributed by atoms with Gasteiger partial charge in [-0.05, 0) is 46.2 Å². The maximum Gasteiger partial charge on any atom is 0.353 e. The lowest BCUT2D eigenvalue weighted by atomic mass is 10.0. The number of hydrogen-bond acceptors (Lipinski definition) is 1. The molecule has 2 aromatic rings. The summed E-state index contributed by atoms with van der Waals surface area (Å²) in [6, 6.07) is 6.04. The van der Waals surface area contributed by atoms with Crippen molar-refractivity contribution in [3.8, 4) is 0 Å². The second kappa shape index (κ2) is 4.08. The minimum atomic E-state index is -0.910. The molecule has 1 aromatic heterocycles. The Morgan fingerprint density at radius 3 is 2.69 bits per heavy atom. The summed E-state index contributed by atoms with van der Waals surface area (Å²) in [6.07, 6.45) is 0. The second-order valence-corrected chi connectivity index (χ2v) is 5.16. The lowest BCUT2D eigenvalue weighted by molar-refractivity contribution is 0.0690. The van der Waals surface area contributed by atoms with Gasteiger partial charge in [0.1, 0.15) is 5.69 Å². The smallest absolute Gasteiger partial charge is 0.353 e. The predicted molar refractivity (Wildman–Crippen MR) is 72.1 cm³/mol. The zero-order chi connectivity index (χ0) is 11.9. The maximum atomic E-state index is 11.0. The third-order valence-corrected chi connectivity index (χ3v) is 3.76. The zero-order valence-electron chi connectivity index (χ0n) is 9.04. The Hall–Kier alpha value is -1.04. The highest BCUT2D eigenvalue weighted by molar-refractivity contribution is 14.1. The van der Waals surface area contributed by atoms with E-state index in [0.717, 1.165) is 14.5 Å². The molecular formula is C12H12INO2. The standard InChI is InChI=1S/C12H12INO2/c1-6(2)7-3-4-9-8(5-7)10(13)11(14-9)12(15)16/h3-6,14H,1-2H3,(H,15,16). The quantitative estimate of drug-likeness (QED) is 0.827. The van der Waals surface area contributed by atoms with Crippen LogP contribution in [0.1, 0.15) is 35.8 Å². The number of aromatic carboxylic acids is 1. The van der Waals surface area contributed by atoms with E-state index in [4.69, 9.17) is 5.11 Å². The fourth-order valence-corrected chi connectivity index (χ4v) is 2.49. The minimum absolute atomic E-state index is 0.275. The summed E-state index contributed by atoms with van der Waals surface area (Å²) in [5, 5.41) is 10.00. The largest absolute Gasteiger partial charge is 0.477 e. The number of carbonyl (C=O) groups is 1. The van der Waals surface area contributed by atoms with Crippen LogP contribution in [0, 0.1) is 3.57 Å². The summed E-state index contributed by atoms with van der Waals surface area (Å²) in [7, 11) is 0. The Bertz CT molecular complexity index is 557. The van der Waals surface area contributed by atoms with Crippen LogP contribution in [0.15, 0.2) is 18.2 Å². The normalized spacial score (nSPS) is 11.2. The molecule has 0 bridgehead atoms. The highest BCUT2D eigenvalue weighted by Gasteiger charge is 2.15. The number of aromatic nitrogens is 1. The van der Waals surface area contributed by atoms with Crippen LogP contribution in [0.5, 0.6) is 0 Å². The van der Waals surface area contributed by atoms with Gasteiger partial charge in [-0.1, -0.05) is 19.9 Å². The summed E-state index contributed by atoms with van der Waals surface area (Å²) in [4.78, 5) is 13.9. The first-order valence-corrected chi connectivity index (χ1v) is 6.13. The molecule has 0 unspecified atom stereocenters. The number of carboxylic acid groups (broad SMARTS) is 1. The second-order valence-electron chi connectivity index (χ2n) is 4.08. The number of fused-ring (bicyclic) bond motifs is 1. The Morgan fingerprint density at radius 1 is 1.44 bits per heavy atom. The number of carboxylic acids is 1. The van der Waals surface area contributed by atoms with Gasteiger partial charge in [-0.25, -0.2) is 4.79 Å². The van der Waals surface area contributed by atoms with Crippen molar-refractivity contribution in [2.45, 2.75) is 19.8 Å². The van der Waals surface area contributed by atoms with Gasteiger partial charge in [0.2, 0.25) is 0 Å². The summed E-state index contributed by atoms with van der Waals surface area (Å²) < 4.78 is 0.780. The summed E-state index contributed by atoms with van der Waals surface area (Å²) >= 11 is 2.08. The molecule has 0 spiro atoms. The van der Waals surface area contributed by atoms with Crippen LogP contribution in [-0.4, -0.2) is 16.1 Å². The van der Waals surface area contributed by atoms with Crippen molar-refractivity contribution in [3.63, 3.8) is 0 Å². The van der Waals surface area contributed by atoms with Gasteiger partial charge < -0.3 is 10.1 Å². The van der Waals surface area contributed by atoms with Crippen LogP contribution in [0.25, 0.3) is 10.9 Å². The molecule has 2 rings (SSSR count). The van der Waals surface area contributed by atoms with Gasteiger partial charge >= 0.3 is 5.97 Å². The van der Waals surface area contributed by atoms with Gasteiger partial charge in [0, 0.05) is 10.9 Å². The zero-order valence-corrected chi connectivity index (χ0v) is 11.2. The fourth-order valence-electron chi connectivity index (χ4n) is 1.68. The molecule has 1 heterocycles. The molecule has 1 aromatic carbocycles. The van der Waals surface area contributed by atoms with E-state index in [1.807, 2.05) is 12.1 Å². The third-order valence-electron chi connectivity index (χ3n) is 2.64. The maximum absolute atomic E-state index is 11.0. The van der Waals surface area contributed by atoms with Crippen molar-refractivity contribution in [2.75, 3.05) is 0 Å². The van der Waals surface area contributed by atoms with Gasteiger partial charge in [0.05, 0.1) is 3.57 Å². The lowest BCUT2D eigenvalue weighted by Gasteiger charge is -2.04. The molecule has 2 N–H and O–H groups in total. The van der Waals surface area contributed by atoms with E-state index in [1.54, 1.807) is 0 Å². The lowest BCUT2D eigenvalue weighted by Crippen LogP contribution is -1.97. The molecule has 0 fully saturated rings. The van der Waals surface area contributed by atoms with Crippen LogP contribution in [-0.2, 0) is 0 Å². The molecular weight excluding hydrogens is 317 g/mol. The number of aromatic amines is 1. The van der Waals surface area contributed by atoms with Crippen LogP contribution in [0.2, 0.25) is 0 Å². The van der Waals surface area contributed by atoms with Crippen molar-refractivity contribution >= 4 is 39.5 Å². The average Bonchev–Trinajstić information content (AvgIpc) is 2.56. The van der Waals surface area contributed by atoms with Gasteiger partial charge in [-0.3, -0.25) is 0 Å². The number of rotatable bonds is 2. The van der Waals surface area contributed by atoms with E-state index in [0.29, 0.717) is 5.92 Å². The van der Waals surface area contributed by atoms with Crippen LogP contribution < -0.4 is 0 Å². The van der Waals surface area contributed by atoms with E-state index in [2.05, 4.69) is 47.5 Å². The fraction of sp³-hybridized carbons (Fsp3) is 0.250. The van der Waals surface area contributed by atoms with Crippen LogP contribution in [0.4, 0.5) is 0 Å². The Morgan fingerprint density at radius 2 is 2.12 bits per heavy atom. The summed E-state index contributed by atoms with van der Waals surface area (Å²) in [6.45, 7) is 4.25. The van der Waals surface area contributed by atoms with Gasteiger partial charge in [-0.15, -0.1) is 0 Å². The molecule has 3 nitrogen and oxygen atoms in total. The molecule has 0 aliphatic heterocycles. The van der Waals surface area contributed by atoms with Crippen molar-refractivity contribution in [1.29, 1.82) is 0 Å². The van der Waals surface area contributed by atoms with Gasteiger partial charge in [-0.2, -0.15) is 0 Å². The van der Waals surface area contributed by atoms with Crippen LogP contribution >= 0.6 is 22.6 Å². The molecule has 0 saturated carbocycles. The topological polar surface area (TPSA) is 53.1 Å². The van der Waals surface area contributed by atoms with Crippen molar-refractivity contribution in [3.05, 3.63) is 33.0 Å². The SMILES string of the molecule is CC(C)c1ccc2[nH]c(C(=O)O)c(I)c2c1. The molecule has 0 amide bonds. The van der Waals surface area contributed by atoms with E-state index in [9.17, 15) is 4.79 Å². The third kappa shape index (κ3) is 1.81. The van der Waals surface area contributed by atoms with Crippen molar-refractivity contribution in [2.24, 2.45) is 0 Å². The van der Waals surface area contributed by atoms with Gasteiger partial charge in [0.15, 0.2) is 0 Å². The van der Waals surface area contributed by atoms with E-state index in [-0.39, 0.29) is 5.69 Å². The minimum Gasteiger partial charge on any atom is -0.477 e. The van der Waals surface area contributed by atoms with E-state index in [1.165, 1.54) is 5.56 Å². The van der Waals surface area contributed by atoms with Crippen molar-refractivity contribution < 1.29 is 9.90 Å². The first-order valence-electron chi connectivity index (χ1n) is 5.05. The van der Waals surface area contributed by atoms with E-state index < -0.39 is 5.97 Å². The van der Waals surface area contributed by atoms with Gasteiger partial charge in [0.25, 0.3) is 0 Å². The van der Waals surface area contributed by atoms with Crippen molar-refractivity contribution in [1.82, 2.24) is 4.98 Å². The molecule has 0 radical (unpaired) electrons. The molecule has 0 aliphatic rings. The monoisotopic (exact) mass is 329 g/mol.